The van der Waals surface area contributed by atoms with E-state index >= 15 is 0 Å². The Morgan fingerprint density at radius 3 is 0.914 bits per heavy atom. The van der Waals surface area contributed by atoms with Gasteiger partial charge in [-0.15, -0.1) is 0 Å². The Kier molecular flexibility index (Phi) is 28.9. The highest BCUT2D eigenvalue weighted by molar-refractivity contribution is 5.71. The lowest BCUT2D eigenvalue weighted by Gasteiger charge is -2.17. The molecule has 0 aliphatic rings. The molecule has 3 nitrogen and oxygen atoms in total. The third kappa shape index (κ3) is 29.4. The lowest BCUT2D eigenvalue weighted by molar-refractivity contribution is 0.243. The molecule has 35 heavy (non-hydrogen) atoms. The molecule has 0 fully saturated rings. The first-order valence-corrected chi connectivity index (χ1v) is 16.3. The van der Waals surface area contributed by atoms with Crippen LogP contribution in [0.3, 0.4) is 0 Å². The quantitative estimate of drug-likeness (QED) is 0.0998. The van der Waals surface area contributed by atoms with Gasteiger partial charge in [-0.2, -0.15) is 0 Å². The average Bonchev–Trinajstić information content (AvgIpc) is 2.84. The minimum absolute atomic E-state index is 0.285. The van der Waals surface area contributed by atoms with E-state index in [1.165, 1.54) is 167 Å². The van der Waals surface area contributed by atoms with E-state index in [-0.39, 0.29) is 12.1 Å². The van der Waals surface area contributed by atoms with Gasteiger partial charge in [0.05, 0.1) is 0 Å². The number of carbonyl (C=O) groups is 1. The molecule has 0 saturated carbocycles. The topological polar surface area (TPSA) is 55.1 Å². The average molecular weight is 495 g/mol. The van der Waals surface area contributed by atoms with E-state index in [0.29, 0.717) is 0 Å². The van der Waals surface area contributed by atoms with Crippen molar-refractivity contribution in [2.45, 2.75) is 200 Å². The maximum Gasteiger partial charge on any atom is 0.312 e. The number of nitrogens with two attached hydrogens (primary N) is 1. The molecule has 0 atom stereocenters. The number of amides is 2. The lowest BCUT2D eigenvalue weighted by atomic mass is 9.99. The van der Waals surface area contributed by atoms with Gasteiger partial charge in [0, 0.05) is 6.04 Å². The summed E-state index contributed by atoms with van der Waals surface area (Å²) in [5.41, 5.74) is 5.43. The molecule has 210 valence electrons. The number of unbranched alkanes of at least 4 members (excludes halogenated alkanes) is 24. The van der Waals surface area contributed by atoms with Crippen LogP contribution in [0.2, 0.25) is 0 Å². The van der Waals surface area contributed by atoms with Gasteiger partial charge in [0.2, 0.25) is 0 Å². The maximum absolute atomic E-state index is 11.4. The Morgan fingerprint density at radius 2 is 0.686 bits per heavy atom. The van der Waals surface area contributed by atoms with Crippen LogP contribution in [0.1, 0.15) is 194 Å². The molecule has 0 radical (unpaired) electrons. The molecule has 3 N–H and O–H groups in total. The molecular weight excluding hydrogens is 428 g/mol. The monoisotopic (exact) mass is 495 g/mol. The molecule has 0 aliphatic carbocycles. The van der Waals surface area contributed by atoms with Crippen molar-refractivity contribution < 1.29 is 4.79 Å². The van der Waals surface area contributed by atoms with Crippen LogP contribution >= 0.6 is 0 Å². The van der Waals surface area contributed by atoms with E-state index < -0.39 is 0 Å². The van der Waals surface area contributed by atoms with E-state index in [4.69, 9.17) is 5.73 Å². The predicted octanol–water partition coefficient (Wildman–Crippen LogP) is 11.0. The zero-order valence-corrected chi connectivity index (χ0v) is 24.4. The molecule has 3 heteroatoms. The summed E-state index contributed by atoms with van der Waals surface area (Å²) in [5.74, 6) is 0. The molecule has 0 heterocycles. The van der Waals surface area contributed by atoms with Gasteiger partial charge in [-0.05, 0) is 12.8 Å². The van der Waals surface area contributed by atoms with Gasteiger partial charge in [-0.25, -0.2) is 4.79 Å². The smallest absolute Gasteiger partial charge is 0.312 e. The Hall–Kier alpha value is -0.730. The zero-order valence-electron chi connectivity index (χ0n) is 24.4. The molecular formula is C32H66N2O. The number of hydrogen-bond donors (Lipinski definition) is 2. The Morgan fingerprint density at radius 1 is 0.457 bits per heavy atom. The van der Waals surface area contributed by atoms with Gasteiger partial charge in [0.1, 0.15) is 0 Å². The number of rotatable bonds is 29. The highest BCUT2D eigenvalue weighted by Gasteiger charge is 2.10. The van der Waals surface area contributed by atoms with Gasteiger partial charge >= 0.3 is 6.03 Å². The van der Waals surface area contributed by atoms with E-state index in [0.717, 1.165) is 12.8 Å². The second-order valence-corrected chi connectivity index (χ2v) is 11.3. The maximum atomic E-state index is 11.4. The van der Waals surface area contributed by atoms with E-state index in [9.17, 15) is 4.79 Å². The second-order valence-electron chi connectivity index (χ2n) is 11.3. The van der Waals surface area contributed by atoms with E-state index in [1.54, 1.807) is 0 Å². The van der Waals surface area contributed by atoms with Crippen molar-refractivity contribution in [3.8, 4) is 0 Å². The van der Waals surface area contributed by atoms with Gasteiger partial charge in [-0.1, -0.05) is 181 Å². The number of urea groups is 1. The zero-order chi connectivity index (χ0) is 25.7. The molecule has 0 aliphatic heterocycles. The number of primary amides is 1. The van der Waals surface area contributed by atoms with E-state index in [2.05, 4.69) is 19.2 Å². The summed E-state index contributed by atoms with van der Waals surface area (Å²) in [5, 5.41) is 3.01. The number of carbonyl (C=O) groups excluding carboxylic acids is 1. The van der Waals surface area contributed by atoms with Crippen LogP contribution in [0.5, 0.6) is 0 Å². The van der Waals surface area contributed by atoms with Crippen LogP contribution < -0.4 is 11.1 Å². The summed E-state index contributed by atoms with van der Waals surface area (Å²) >= 11 is 0. The summed E-state index contributed by atoms with van der Waals surface area (Å²) in [6, 6.07) is -0.0627. The van der Waals surface area contributed by atoms with E-state index in [1.807, 2.05) is 0 Å². The molecule has 0 rings (SSSR count). The van der Waals surface area contributed by atoms with Crippen molar-refractivity contribution >= 4 is 6.03 Å². The van der Waals surface area contributed by atoms with Crippen molar-refractivity contribution in [3.05, 3.63) is 0 Å². The van der Waals surface area contributed by atoms with Crippen LogP contribution in [-0.4, -0.2) is 12.1 Å². The minimum Gasteiger partial charge on any atom is -0.352 e. The highest BCUT2D eigenvalue weighted by atomic mass is 16.2. The molecule has 0 saturated heterocycles. The third-order valence-corrected chi connectivity index (χ3v) is 7.66. The SMILES string of the molecule is CCCCCCCCCCCCCCCC(CCCCCCCCCCCCCCC)NC(N)=O. The van der Waals surface area contributed by atoms with Gasteiger partial charge in [0.15, 0.2) is 0 Å². The fourth-order valence-corrected chi connectivity index (χ4v) is 5.31. The van der Waals surface area contributed by atoms with Crippen LogP contribution in [-0.2, 0) is 0 Å². The normalized spacial score (nSPS) is 11.4. The van der Waals surface area contributed by atoms with Crippen LogP contribution in [0.4, 0.5) is 4.79 Å². The summed E-state index contributed by atoms with van der Waals surface area (Å²) < 4.78 is 0. The van der Waals surface area contributed by atoms with Crippen molar-refractivity contribution in [2.75, 3.05) is 0 Å². The molecule has 0 aromatic carbocycles. The van der Waals surface area contributed by atoms with Crippen molar-refractivity contribution in [1.29, 1.82) is 0 Å². The highest BCUT2D eigenvalue weighted by Crippen LogP contribution is 2.17. The largest absolute Gasteiger partial charge is 0.352 e. The van der Waals surface area contributed by atoms with Gasteiger partial charge < -0.3 is 11.1 Å². The Labute approximate surface area is 221 Å². The fourth-order valence-electron chi connectivity index (χ4n) is 5.31. The first-order valence-electron chi connectivity index (χ1n) is 16.3. The van der Waals surface area contributed by atoms with Crippen molar-refractivity contribution in [1.82, 2.24) is 5.32 Å². The number of nitrogens with one attached hydrogen (secondary N) is 1. The van der Waals surface area contributed by atoms with Crippen molar-refractivity contribution in [3.63, 3.8) is 0 Å². The van der Waals surface area contributed by atoms with Crippen LogP contribution in [0, 0.1) is 0 Å². The number of hydrogen-bond acceptors (Lipinski definition) is 1. The third-order valence-electron chi connectivity index (χ3n) is 7.66. The predicted molar refractivity (Wildman–Crippen MR) is 157 cm³/mol. The molecule has 0 bridgehead atoms. The molecule has 0 aromatic heterocycles. The first kappa shape index (κ1) is 34.3. The standard InChI is InChI=1S/C32H66N2O/c1-3-5-7-9-11-13-15-17-19-21-23-25-27-29-31(34-32(33)35)30-28-26-24-22-20-18-16-14-12-10-8-6-4-2/h31H,3-30H2,1-2H3,(H3,33,34,35). The first-order chi connectivity index (χ1) is 17.2. The molecule has 0 unspecified atom stereocenters. The minimum atomic E-state index is -0.348. The van der Waals surface area contributed by atoms with Gasteiger partial charge in [-0.3, -0.25) is 0 Å². The summed E-state index contributed by atoms with van der Waals surface area (Å²) in [6.45, 7) is 4.57. The van der Waals surface area contributed by atoms with Crippen molar-refractivity contribution in [2.24, 2.45) is 5.73 Å². The fraction of sp³-hybridized carbons (Fsp3) is 0.969. The lowest BCUT2D eigenvalue weighted by Crippen LogP contribution is -2.38. The van der Waals surface area contributed by atoms with Crippen LogP contribution in [0.15, 0.2) is 0 Å². The summed E-state index contributed by atoms with van der Waals surface area (Å²) in [4.78, 5) is 11.4. The summed E-state index contributed by atoms with van der Waals surface area (Å²) in [7, 11) is 0. The molecule has 0 aromatic rings. The Balaban J connectivity index is 3.50. The second kappa shape index (κ2) is 29.5. The molecule has 0 spiro atoms. The molecule has 2 amide bonds. The van der Waals surface area contributed by atoms with Gasteiger partial charge in [0.25, 0.3) is 0 Å². The Bertz CT molecular complexity index is 382. The van der Waals surface area contributed by atoms with Crippen LogP contribution in [0.25, 0.3) is 0 Å². The summed E-state index contributed by atoms with van der Waals surface area (Å²) in [6.07, 6.45) is 38.2.